The predicted molar refractivity (Wildman–Crippen MR) is 127 cm³/mol. The number of fused-ring (bicyclic) bond motifs is 3. The van der Waals surface area contributed by atoms with E-state index < -0.39 is 11.9 Å². The second kappa shape index (κ2) is 11.3. The van der Waals surface area contributed by atoms with Gasteiger partial charge in [-0.25, -0.2) is 15.0 Å². The Balaban J connectivity index is 0.000000604. The topological polar surface area (TPSA) is 186 Å². The summed E-state index contributed by atoms with van der Waals surface area (Å²) in [7, 11) is 0. The lowest BCUT2D eigenvalue weighted by atomic mass is 9.46. The fourth-order valence-corrected chi connectivity index (χ4v) is 6.80. The van der Waals surface area contributed by atoms with Crippen LogP contribution >= 0.6 is 0 Å². The number of carboxylic acids is 2. The number of guanidine groups is 1. The normalized spacial score (nSPS) is 35.8. The quantitative estimate of drug-likeness (QED) is 0.150. The van der Waals surface area contributed by atoms with E-state index in [-0.39, 0.29) is 34.7 Å². The molecule has 0 radical (unpaired) electrons. The van der Waals surface area contributed by atoms with Gasteiger partial charge in [0.05, 0.1) is 6.10 Å². The molecule has 34 heavy (non-hydrogen) atoms. The number of rotatable bonds is 5. The highest BCUT2D eigenvalue weighted by molar-refractivity contribution is 6.27. The molecule has 7 atom stereocenters. The third-order valence-electron chi connectivity index (χ3n) is 8.78. The average molecular weight is 481 g/mol. The minimum Gasteiger partial charge on any atom is -0.473 e. The molecule has 3 aliphatic carbocycles. The Kier molecular flexibility index (Phi) is 9.22. The molecule has 0 aromatic carbocycles. The van der Waals surface area contributed by atoms with Crippen LogP contribution in [0.4, 0.5) is 0 Å². The van der Waals surface area contributed by atoms with Gasteiger partial charge in [0.25, 0.3) is 0 Å². The standard InChI is InChI=1S/C22H38N4O2.C2H2O4/c1-4-14(9-12-25-26-20(23)24)22(3)11-8-18-17(19(22)28)6-5-15-13-16(27)7-10-21(15,18)2;3-1(4)2(5)6/h12,14-18,27H,4-11,13H2,1-3H3,(H4,23,24,26);(H,3,4)(H,5,6)/b25-12-;/t14-,15?,16+,17-,18+,21+,22-;/m1./s1. The van der Waals surface area contributed by atoms with Crippen LogP contribution in [0.1, 0.15) is 78.6 Å². The van der Waals surface area contributed by atoms with Gasteiger partial charge in [-0.3, -0.25) is 10.2 Å². The Labute approximate surface area is 200 Å². The summed E-state index contributed by atoms with van der Waals surface area (Å²) >= 11 is 0. The van der Waals surface area contributed by atoms with Gasteiger partial charge in [-0.1, -0.05) is 27.2 Å². The lowest BCUT2D eigenvalue weighted by molar-refractivity contribution is -0.159. The first-order valence-electron chi connectivity index (χ1n) is 12.2. The van der Waals surface area contributed by atoms with Crippen LogP contribution in [0.3, 0.4) is 0 Å². The number of nitrogens with two attached hydrogens (primary N) is 1. The summed E-state index contributed by atoms with van der Waals surface area (Å²) in [6.07, 6.45) is 10.3. The molecule has 3 saturated carbocycles. The van der Waals surface area contributed by atoms with E-state index in [4.69, 9.17) is 30.9 Å². The third kappa shape index (κ3) is 5.95. The van der Waals surface area contributed by atoms with Crippen molar-refractivity contribution in [3.63, 3.8) is 0 Å². The zero-order valence-corrected chi connectivity index (χ0v) is 20.4. The van der Waals surface area contributed by atoms with E-state index in [1.54, 1.807) is 6.21 Å². The highest BCUT2D eigenvalue weighted by Crippen LogP contribution is 2.61. The Bertz CT molecular complexity index is 805. The van der Waals surface area contributed by atoms with E-state index >= 15 is 0 Å². The van der Waals surface area contributed by atoms with Crippen LogP contribution in [0, 0.1) is 39.9 Å². The van der Waals surface area contributed by atoms with Crippen LogP contribution in [0.5, 0.6) is 0 Å². The Morgan fingerprint density at radius 3 is 2.41 bits per heavy atom. The maximum absolute atomic E-state index is 13.7. The summed E-state index contributed by atoms with van der Waals surface area (Å²) in [6, 6.07) is 0. The maximum Gasteiger partial charge on any atom is 0.414 e. The largest absolute Gasteiger partial charge is 0.473 e. The molecule has 1 unspecified atom stereocenters. The number of nitrogens with zero attached hydrogens (tertiary/aromatic N) is 1. The molecule has 0 bridgehead atoms. The third-order valence-corrected chi connectivity index (χ3v) is 8.78. The number of nitrogens with one attached hydrogen (secondary N) is 2. The van der Waals surface area contributed by atoms with Crippen molar-refractivity contribution in [3.05, 3.63) is 0 Å². The van der Waals surface area contributed by atoms with Crippen LogP contribution in [0.25, 0.3) is 0 Å². The second-order valence-corrected chi connectivity index (χ2v) is 10.5. The molecule has 0 amide bonds. The summed E-state index contributed by atoms with van der Waals surface area (Å²) in [5.41, 5.74) is 7.65. The van der Waals surface area contributed by atoms with E-state index in [2.05, 4.69) is 31.3 Å². The predicted octanol–water partition coefficient (Wildman–Crippen LogP) is 2.59. The number of aliphatic carboxylic acids is 2. The fraction of sp³-hybridized carbons (Fsp3) is 0.792. The Morgan fingerprint density at radius 2 is 1.85 bits per heavy atom. The molecule has 192 valence electrons. The van der Waals surface area contributed by atoms with E-state index in [0.717, 1.165) is 57.8 Å². The molecule has 7 N–H and O–H groups in total. The molecule has 0 aromatic heterocycles. The van der Waals surface area contributed by atoms with Gasteiger partial charge in [-0.05, 0) is 74.5 Å². The summed E-state index contributed by atoms with van der Waals surface area (Å²) in [4.78, 5) is 31.9. The summed E-state index contributed by atoms with van der Waals surface area (Å²) in [6.45, 7) is 6.72. The number of aliphatic hydroxyl groups is 1. The number of ketones is 1. The smallest absolute Gasteiger partial charge is 0.414 e. The van der Waals surface area contributed by atoms with Crippen molar-refractivity contribution in [1.29, 1.82) is 5.41 Å². The number of carboxylic acid groups (broad SMARTS) is 2. The van der Waals surface area contributed by atoms with E-state index in [0.29, 0.717) is 17.6 Å². The SMILES string of the molecule is CC[C@H](C/C=N\NC(=N)N)[C@@]1(C)CC[C@H]2[C@@H](CCC3C[C@@H](O)CC[C@@]32C)C1=O.O=C(O)C(=O)O. The van der Waals surface area contributed by atoms with Crippen LogP contribution in [-0.4, -0.2) is 51.3 Å². The summed E-state index contributed by atoms with van der Waals surface area (Å²) in [5, 5.41) is 36.1. The van der Waals surface area contributed by atoms with Crippen LogP contribution in [-0.2, 0) is 14.4 Å². The lowest BCUT2D eigenvalue weighted by Gasteiger charge is -2.58. The van der Waals surface area contributed by atoms with Crippen molar-refractivity contribution < 1.29 is 29.7 Å². The average Bonchev–Trinajstić information content (AvgIpc) is 2.77. The first-order valence-corrected chi connectivity index (χ1v) is 12.2. The first-order chi connectivity index (χ1) is 15.9. The second-order valence-electron chi connectivity index (χ2n) is 10.5. The van der Waals surface area contributed by atoms with Crippen molar-refractivity contribution in [3.8, 4) is 0 Å². The van der Waals surface area contributed by atoms with Crippen LogP contribution in [0.15, 0.2) is 5.10 Å². The van der Waals surface area contributed by atoms with Gasteiger partial charge in [0, 0.05) is 17.5 Å². The fourth-order valence-electron chi connectivity index (χ4n) is 6.80. The number of carbonyl (C=O) groups is 3. The number of Topliss-reactive ketones (excluding diaryl/α,β-unsaturated/α-hetero) is 1. The number of hydrazone groups is 1. The van der Waals surface area contributed by atoms with E-state index in [9.17, 15) is 9.90 Å². The maximum atomic E-state index is 13.7. The van der Waals surface area contributed by atoms with Crippen molar-refractivity contribution in [2.24, 2.45) is 45.3 Å². The molecular weight excluding hydrogens is 440 g/mol. The van der Waals surface area contributed by atoms with E-state index in [1.807, 2.05) is 0 Å². The van der Waals surface area contributed by atoms with Crippen molar-refractivity contribution >= 4 is 29.9 Å². The van der Waals surface area contributed by atoms with Crippen LogP contribution < -0.4 is 11.2 Å². The number of carbonyl (C=O) groups excluding carboxylic acids is 1. The first kappa shape index (κ1) is 27.8. The van der Waals surface area contributed by atoms with Gasteiger partial charge in [0.1, 0.15) is 5.78 Å². The van der Waals surface area contributed by atoms with Crippen LogP contribution in [0.2, 0.25) is 0 Å². The molecule has 0 aromatic rings. The van der Waals surface area contributed by atoms with Crippen molar-refractivity contribution in [2.45, 2.75) is 84.7 Å². The van der Waals surface area contributed by atoms with Gasteiger partial charge in [0.15, 0.2) is 0 Å². The minimum atomic E-state index is -1.82. The zero-order valence-electron chi connectivity index (χ0n) is 20.4. The lowest BCUT2D eigenvalue weighted by Crippen LogP contribution is -2.56. The van der Waals surface area contributed by atoms with Crippen molar-refractivity contribution in [1.82, 2.24) is 5.43 Å². The molecule has 0 aliphatic heterocycles. The molecule has 0 spiro atoms. The van der Waals surface area contributed by atoms with Gasteiger partial charge >= 0.3 is 11.9 Å². The van der Waals surface area contributed by atoms with Crippen molar-refractivity contribution in [2.75, 3.05) is 0 Å². The number of aliphatic hydroxyl groups excluding tert-OH is 1. The van der Waals surface area contributed by atoms with Gasteiger partial charge in [0.2, 0.25) is 5.96 Å². The monoisotopic (exact) mass is 480 g/mol. The molecule has 3 rings (SSSR count). The molecule has 0 saturated heterocycles. The Hall–Kier alpha value is -2.49. The van der Waals surface area contributed by atoms with Gasteiger partial charge < -0.3 is 21.1 Å². The molecular formula is C24H40N4O6. The van der Waals surface area contributed by atoms with Gasteiger partial charge in [-0.15, -0.1) is 0 Å². The Morgan fingerprint density at radius 1 is 1.21 bits per heavy atom. The molecule has 3 fully saturated rings. The molecule has 3 aliphatic rings. The highest BCUT2D eigenvalue weighted by Gasteiger charge is 2.57. The van der Waals surface area contributed by atoms with Gasteiger partial charge in [-0.2, -0.15) is 5.10 Å². The number of hydrogen-bond donors (Lipinski definition) is 6. The zero-order chi connectivity index (χ0) is 25.7. The summed E-state index contributed by atoms with van der Waals surface area (Å²) in [5.74, 6) is -1.87. The number of hydrogen-bond acceptors (Lipinski definition) is 6. The highest BCUT2D eigenvalue weighted by atomic mass is 16.4. The molecule has 10 nitrogen and oxygen atoms in total. The van der Waals surface area contributed by atoms with E-state index in [1.165, 1.54) is 0 Å². The summed E-state index contributed by atoms with van der Waals surface area (Å²) < 4.78 is 0. The minimum absolute atomic E-state index is 0.147. The molecule has 10 heteroatoms. The molecule has 0 heterocycles.